The second-order valence-corrected chi connectivity index (χ2v) is 4.06. The van der Waals surface area contributed by atoms with Crippen molar-refractivity contribution in [2.24, 2.45) is 0 Å². The number of nitrogens with one attached hydrogen (secondary N) is 1. The van der Waals surface area contributed by atoms with Gasteiger partial charge in [-0.3, -0.25) is 0 Å². The standard InChI is InChI=1S/C15H12F2N2O/c1-20-14-7-2-4-10(15(14)17)9-19-13-6-3-5-12(16)11(13)8-18/h2-7,19H,9H2,1H3. The van der Waals surface area contributed by atoms with Crippen LogP contribution in [0.1, 0.15) is 11.1 Å². The molecule has 0 amide bonds. The monoisotopic (exact) mass is 274 g/mol. The predicted molar refractivity (Wildman–Crippen MR) is 71.4 cm³/mol. The number of hydrogen-bond donors (Lipinski definition) is 1. The van der Waals surface area contributed by atoms with Crippen LogP contribution in [0.15, 0.2) is 36.4 Å². The van der Waals surface area contributed by atoms with Crippen molar-refractivity contribution in [3.8, 4) is 11.8 Å². The van der Waals surface area contributed by atoms with Gasteiger partial charge in [0.05, 0.1) is 12.8 Å². The van der Waals surface area contributed by atoms with Gasteiger partial charge in [-0.2, -0.15) is 5.26 Å². The first kappa shape index (κ1) is 13.8. The zero-order chi connectivity index (χ0) is 14.5. The topological polar surface area (TPSA) is 45.0 Å². The van der Waals surface area contributed by atoms with Crippen molar-refractivity contribution in [1.82, 2.24) is 0 Å². The number of hydrogen-bond acceptors (Lipinski definition) is 3. The van der Waals surface area contributed by atoms with Crippen molar-refractivity contribution in [3.05, 3.63) is 59.2 Å². The summed E-state index contributed by atoms with van der Waals surface area (Å²) in [4.78, 5) is 0. The van der Waals surface area contributed by atoms with Gasteiger partial charge in [-0.15, -0.1) is 0 Å². The highest BCUT2D eigenvalue weighted by Gasteiger charge is 2.10. The summed E-state index contributed by atoms with van der Waals surface area (Å²) >= 11 is 0. The van der Waals surface area contributed by atoms with Gasteiger partial charge in [-0.25, -0.2) is 8.78 Å². The summed E-state index contributed by atoms with van der Waals surface area (Å²) in [6, 6.07) is 10.8. The second-order valence-electron chi connectivity index (χ2n) is 4.06. The minimum absolute atomic E-state index is 0.0872. The van der Waals surface area contributed by atoms with Crippen LogP contribution < -0.4 is 10.1 Å². The minimum atomic E-state index is -0.608. The van der Waals surface area contributed by atoms with Gasteiger partial charge in [0.25, 0.3) is 0 Å². The minimum Gasteiger partial charge on any atom is -0.494 e. The summed E-state index contributed by atoms with van der Waals surface area (Å²) in [6.07, 6.45) is 0. The van der Waals surface area contributed by atoms with Gasteiger partial charge < -0.3 is 10.1 Å². The molecule has 0 unspecified atom stereocenters. The van der Waals surface area contributed by atoms with E-state index < -0.39 is 11.6 Å². The summed E-state index contributed by atoms with van der Waals surface area (Å²) in [7, 11) is 1.38. The van der Waals surface area contributed by atoms with Crippen molar-refractivity contribution in [1.29, 1.82) is 5.26 Å². The number of nitriles is 1. The van der Waals surface area contributed by atoms with Crippen LogP contribution in [0, 0.1) is 23.0 Å². The lowest BCUT2D eigenvalue weighted by molar-refractivity contribution is 0.384. The highest BCUT2D eigenvalue weighted by molar-refractivity contribution is 5.58. The molecule has 0 aliphatic rings. The molecule has 0 radical (unpaired) electrons. The van der Waals surface area contributed by atoms with E-state index in [0.717, 1.165) is 0 Å². The zero-order valence-electron chi connectivity index (χ0n) is 10.8. The molecule has 0 aliphatic carbocycles. The molecule has 2 aromatic rings. The highest BCUT2D eigenvalue weighted by atomic mass is 19.1. The molecule has 5 heteroatoms. The molecule has 0 saturated carbocycles. The molecule has 2 rings (SSSR count). The third-order valence-corrected chi connectivity index (χ3v) is 2.86. The van der Waals surface area contributed by atoms with Gasteiger partial charge in [0.15, 0.2) is 11.6 Å². The molecule has 0 heterocycles. The third kappa shape index (κ3) is 2.69. The second kappa shape index (κ2) is 6.02. The Morgan fingerprint density at radius 3 is 2.65 bits per heavy atom. The Balaban J connectivity index is 2.22. The molecule has 0 aromatic heterocycles. The smallest absolute Gasteiger partial charge is 0.170 e. The van der Waals surface area contributed by atoms with Gasteiger partial charge in [-0.05, 0) is 18.2 Å². The Hall–Kier alpha value is -2.61. The first-order valence-corrected chi connectivity index (χ1v) is 5.91. The van der Waals surface area contributed by atoms with Crippen LogP contribution in [0.25, 0.3) is 0 Å². The Morgan fingerprint density at radius 1 is 1.20 bits per heavy atom. The van der Waals surface area contributed by atoms with E-state index in [1.165, 1.54) is 25.3 Å². The summed E-state index contributed by atoms with van der Waals surface area (Å²) in [5.74, 6) is -0.940. The van der Waals surface area contributed by atoms with Crippen LogP contribution in [-0.2, 0) is 6.54 Å². The number of benzene rings is 2. The van der Waals surface area contributed by atoms with Gasteiger partial charge in [0.2, 0.25) is 0 Å². The van der Waals surface area contributed by atoms with E-state index in [0.29, 0.717) is 11.3 Å². The van der Waals surface area contributed by atoms with Gasteiger partial charge in [-0.1, -0.05) is 18.2 Å². The fourth-order valence-electron chi connectivity index (χ4n) is 1.83. The summed E-state index contributed by atoms with van der Waals surface area (Å²) in [5.41, 5.74) is 0.614. The largest absolute Gasteiger partial charge is 0.494 e. The van der Waals surface area contributed by atoms with Crippen molar-refractivity contribution in [3.63, 3.8) is 0 Å². The maximum Gasteiger partial charge on any atom is 0.170 e. The van der Waals surface area contributed by atoms with E-state index in [9.17, 15) is 8.78 Å². The molecule has 0 atom stereocenters. The Bertz CT molecular complexity index is 665. The molecule has 2 aromatic carbocycles. The van der Waals surface area contributed by atoms with E-state index >= 15 is 0 Å². The number of rotatable bonds is 4. The molecular weight excluding hydrogens is 262 g/mol. The quantitative estimate of drug-likeness (QED) is 0.928. The zero-order valence-corrected chi connectivity index (χ0v) is 10.8. The van der Waals surface area contributed by atoms with Crippen LogP contribution in [0.3, 0.4) is 0 Å². The first-order valence-electron chi connectivity index (χ1n) is 5.91. The van der Waals surface area contributed by atoms with Crippen LogP contribution in [0.2, 0.25) is 0 Å². The number of nitrogens with zero attached hydrogens (tertiary/aromatic N) is 1. The predicted octanol–water partition coefficient (Wildman–Crippen LogP) is 3.46. The molecular formula is C15H12F2N2O. The molecule has 0 fully saturated rings. The summed E-state index contributed by atoms with van der Waals surface area (Å²) in [5, 5.41) is 11.8. The number of ether oxygens (including phenoxy) is 1. The van der Waals surface area contributed by atoms with Crippen molar-refractivity contribution in [2.75, 3.05) is 12.4 Å². The fourth-order valence-corrected chi connectivity index (χ4v) is 1.83. The van der Waals surface area contributed by atoms with E-state index in [1.807, 2.05) is 0 Å². The lowest BCUT2D eigenvalue weighted by Gasteiger charge is -2.11. The average molecular weight is 274 g/mol. The molecule has 3 nitrogen and oxygen atoms in total. The van der Waals surface area contributed by atoms with Crippen LogP contribution in [0.5, 0.6) is 5.75 Å². The van der Waals surface area contributed by atoms with Crippen molar-refractivity contribution in [2.45, 2.75) is 6.54 Å². The van der Waals surface area contributed by atoms with E-state index in [4.69, 9.17) is 10.00 Å². The Labute approximate surface area is 115 Å². The van der Waals surface area contributed by atoms with Gasteiger partial charge >= 0.3 is 0 Å². The SMILES string of the molecule is COc1cccc(CNc2cccc(F)c2C#N)c1F. The maximum atomic E-state index is 13.9. The average Bonchev–Trinajstić information content (AvgIpc) is 2.46. The normalized spacial score (nSPS) is 9.90. The number of anilines is 1. The molecule has 0 spiro atoms. The van der Waals surface area contributed by atoms with Crippen molar-refractivity contribution < 1.29 is 13.5 Å². The third-order valence-electron chi connectivity index (χ3n) is 2.86. The molecule has 1 N–H and O–H groups in total. The van der Waals surface area contributed by atoms with E-state index in [-0.39, 0.29) is 17.9 Å². The van der Waals surface area contributed by atoms with E-state index in [2.05, 4.69) is 5.32 Å². The van der Waals surface area contributed by atoms with Crippen LogP contribution in [0.4, 0.5) is 14.5 Å². The molecule has 102 valence electrons. The molecule has 0 saturated heterocycles. The summed E-state index contributed by atoms with van der Waals surface area (Å²) < 4.78 is 32.2. The molecule has 0 bridgehead atoms. The number of halogens is 2. The summed E-state index contributed by atoms with van der Waals surface area (Å²) in [6.45, 7) is 0.126. The Kier molecular flexibility index (Phi) is 4.16. The first-order chi connectivity index (χ1) is 9.67. The van der Waals surface area contributed by atoms with Crippen LogP contribution in [-0.4, -0.2) is 7.11 Å². The fraction of sp³-hybridized carbons (Fsp3) is 0.133. The van der Waals surface area contributed by atoms with Crippen molar-refractivity contribution >= 4 is 5.69 Å². The maximum absolute atomic E-state index is 13.9. The molecule has 20 heavy (non-hydrogen) atoms. The van der Waals surface area contributed by atoms with Crippen LogP contribution >= 0.6 is 0 Å². The van der Waals surface area contributed by atoms with Gasteiger partial charge in [0, 0.05) is 12.1 Å². The molecule has 0 aliphatic heterocycles. The number of methoxy groups -OCH3 is 1. The Morgan fingerprint density at radius 2 is 1.95 bits per heavy atom. The van der Waals surface area contributed by atoms with Gasteiger partial charge in [0.1, 0.15) is 17.4 Å². The van der Waals surface area contributed by atoms with E-state index in [1.54, 1.807) is 24.3 Å². The lowest BCUT2D eigenvalue weighted by Crippen LogP contribution is -2.05. The highest BCUT2D eigenvalue weighted by Crippen LogP contribution is 2.22. The lowest BCUT2D eigenvalue weighted by atomic mass is 10.1.